The Hall–Kier alpha value is -2.78. The Morgan fingerprint density at radius 1 is 1.48 bits per heavy atom. The van der Waals surface area contributed by atoms with Crippen molar-refractivity contribution < 1.29 is 23.7 Å². The first-order valence-electron chi connectivity index (χ1n) is 8.20. The van der Waals surface area contributed by atoms with Crippen molar-refractivity contribution in [3.63, 3.8) is 0 Å². The number of rotatable bonds is 7. The second-order valence-corrected chi connectivity index (χ2v) is 6.39. The summed E-state index contributed by atoms with van der Waals surface area (Å²) < 4.78 is 19.2. The van der Waals surface area contributed by atoms with Crippen molar-refractivity contribution in [1.82, 2.24) is 10.2 Å². The molecule has 0 fully saturated rings. The third kappa shape index (κ3) is 4.69. The number of aliphatic imine (C=N–C) groups is 1. The highest BCUT2D eigenvalue weighted by atomic mass is 35.5. The summed E-state index contributed by atoms with van der Waals surface area (Å²) in [6.07, 6.45) is 1.37. The predicted molar refractivity (Wildman–Crippen MR) is 97.2 cm³/mol. The van der Waals surface area contributed by atoms with Gasteiger partial charge in [-0.2, -0.15) is 4.99 Å². The molecule has 2 N–H and O–H groups in total. The molecule has 1 aromatic rings. The van der Waals surface area contributed by atoms with Gasteiger partial charge in [0.25, 0.3) is 5.70 Å². The highest BCUT2D eigenvalue weighted by Crippen LogP contribution is 2.17. The minimum atomic E-state index is -1.41. The van der Waals surface area contributed by atoms with Crippen LogP contribution in [0, 0.1) is 0 Å². The lowest BCUT2D eigenvalue weighted by molar-refractivity contribution is -0.756. The Morgan fingerprint density at radius 3 is 3.07 bits per heavy atom. The van der Waals surface area contributed by atoms with E-state index in [9.17, 15) is 14.0 Å². The number of allylic oxidation sites excluding steroid dienone is 1. The molecule has 142 valence electrons. The molecule has 10 heteroatoms. The zero-order valence-electron chi connectivity index (χ0n) is 14.5. The van der Waals surface area contributed by atoms with E-state index in [1.54, 1.807) is 31.2 Å². The van der Waals surface area contributed by atoms with Gasteiger partial charge in [0.2, 0.25) is 12.2 Å². The van der Waals surface area contributed by atoms with Crippen LogP contribution in [0.25, 0.3) is 0 Å². The maximum atomic E-state index is 13.9. The first kappa shape index (κ1) is 19.0. The van der Waals surface area contributed by atoms with Crippen LogP contribution in [0.5, 0.6) is 5.75 Å². The monoisotopic (exact) mass is 394 g/mol. The van der Waals surface area contributed by atoms with Crippen LogP contribution in [0.1, 0.15) is 6.92 Å². The van der Waals surface area contributed by atoms with E-state index >= 15 is 0 Å². The van der Waals surface area contributed by atoms with Gasteiger partial charge < -0.3 is 10.1 Å². The Morgan fingerprint density at radius 2 is 2.30 bits per heavy atom. The van der Waals surface area contributed by atoms with Crippen LogP contribution in [-0.4, -0.2) is 55.3 Å². The van der Waals surface area contributed by atoms with Crippen molar-refractivity contribution in [2.45, 2.75) is 13.1 Å². The Bertz CT molecular complexity index is 842. The van der Waals surface area contributed by atoms with Gasteiger partial charge in [-0.05, 0) is 25.1 Å². The van der Waals surface area contributed by atoms with Crippen molar-refractivity contribution in [2.75, 3.05) is 19.7 Å². The first-order chi connectivity index (χ1) is 12.9. The molecule has 2 atom stereocenters. The van der Waals surface area contributed by atoms with Gasteiger partial charge in [-0.1, -0.05) is 22.8 Å². The number of fused-ring (bicyclic) bond motifs is 1. The van der Waals surface area contributed by atoms with Gasteiger partial charge in [0, 0.05) is 5.02 Å². The van der Waals surface area contributed by atoms with Gasteiger partial charge in [-0.3, -0.25) is 14.5 Å². The van der Waals surface area contributed by atoms with Crippen molar-refractivity contribution in [3.05, 3.63) is 40.7 Å². The average Bonchev–Trinajstić information content (AvgIpc) is 3.02. The van der Waals surface area contributed by atoms with E-state index in [2.05, 4.69) is 15.4 Å². The number of hydrogen-bond donors (Lipinski definition) is 2. The van der Waals surface area contributed by atoms with Crippen LogP contribution in [-0.2, 0) is 9.59 Å². The van der Waals surface area contributed by atoms with Crippen molar-refractivity contribution in [3.8, 4) is 5.75 Å². The molecule has 2 aliphatic heterocycles. The zero-order chi connectivity index (χ0) is 19.4. The average molecular weight is 395 g/mol. The van der Waals surface area contributed by atoms with E-state index in [4.69, 9.17) is 16.3 Å². The lowest BCUT2D eigenvalue weighted by Gasteiger charge is -2.21. The Labute approximate surface area is 159 Å². The van der Waals surface area contributed by atoms with Gasteiger partial charge in [0.1, 0.15) is 24.6 Å². The number of benzene rings is 1. The smallest absolute Gasteiger partial charge is 0.318 e. The van der Waals surface area contributed by atoms with Crippen LogP contribution in [0.4, 0.5) is 4.39 Å². The van der Waals surface area contributed by atoms with E-state index in [0.29, 0.717) is 27.2 Å². The lowest BCUT2D eigenvalue weighted by atomic mass is 10.3. The molecule has 1 aromatic carbocycles. The summed E-state index contributed by atoms with van der Waals surface area (Å²) in [7, 11) is 0. The Kier molecular flexibility index (Phi) is 5.82. The molecule has 0 aromatic heterocycles. The maximum absolute atomic E-state index is 13.9. The number of ether oxygens (including phenoxy) is 1. The summed E-state index contributed by atoms with van der Waals surface area (Å²) >= 11 is 5.82. The number of quaternary nitrogens is 1. The van der Waals surface area contributed by atoms with Gasteiger partial charge in [-0.15, -0.1) is 5.01 Å². The molecule has 2 aliphatic rings. The minimum absolute atomic E-state index is 0.230. The molecule has 0 bridgehead atoms. The summed E-state index contributed by atoms with van der Waals surface area (Å²) in [4.78, 5) is 29.6. The summed E-state index contributed by atoms with van der Waals surface area (Å²) in [5.41, 5.74) is 0.933. The van der Waals surface area contributed by atoms with E-state index < -0.39 is 12.1 Å². The Balaban J connectivity index is 1.44. The van der Waals surface area contributed by atoms with Gasteiger partial charge >= 0.3 is 5.91 Å². The van der Waals surface area contributed by atoms with Gasteiger partial charge in [0.05, 0.1) is 6.54 Å². The van der Waals surface area contributed by atoms with Crippen LogP contribution in [0.3, 0.4) is 0 Å². The fourth-order valence-electron chi connectivity index (χ4n) is 2.51. The number of carbonyl (C=O) groups excluding carboxylic acids is 2. The second kappa shape index (κ2) is 8.28. The maximum Gasteiger partial charge on any atom is 0.318 e. The van der Waals surface area contributed by atoms with E-state index in [1.807, 2.05) is 0 Å². The standard InChI is InChI=1S/C17H17ClFN5O3/c1-11-16-17(26)23(10-22-24(16)9-21-11)7-15(25)20-6-13(19)8-27-14-4-2-3-12(18)5-14/h2-5,9-10,13H,6-8H2,1H3,(H,20,25)/p+1. The number of amides is 2. The normalized spacial score (nSPS) is 19.3. The number of nitrogens with zero attached hydrogens (tertiary/aromatic N) is 3. The quantitative estimate of drug-likeness (QED) is 0.688. The fraction of sp³-hybridized carbons (Fsp3) is 0.294. The molecule has 0 saturated carbocycles. The molecular weight excluding hydrogens is 377 g/mol. The summed E-state index contributed by atoms with van der Waals surface area (Å²) in [5, 5.41) is 7.51. The summed E-state index contributed by atoms with van der Waals surface area (Å²) in [5.74, 6) is -0.409. The lowest BCUT2D eigenvalue weighted by Crippen LogP contribution is -3.06. The number of alkyl halides is 1. The molecule has 2 unspecified atom stereocenters. The zero-order valence-corrected chi connectivity index (χ0v) is 15.2. The second-order valence-electron chi connectivity index (χ2n) is 5.95. The largest absolute Gasteiger partial charge is 0.490 e. The number of halogens is 2. The molecule has 0 aliphatic carbocycles. The minimum Gasteiger partial charge on any atom is -0.490 e. The van der Waals surface area contributed by atoms with E-state index in [0.717, 1.165) is 0 Å². The molecule has 0 radical (unpaired) electrons. The van der Waals surface area contributed by atoms with Gasteiger partial charge in [0.15, 0.2) is 12.5 Å². The van der Waals surface area contributed by atoms with Gasteiger partial charge in [-0.25, -0.2) is 4.39 Å². The van der Waals surface area contributed by atoms with Crippen molar-refractivity contribution in [2.24, 2.45) is 10.1 Å². The number of carbonyl (C=O) groups is 2. The highest BCUT2D eigenvalue weighted by Gasteiger charge is 2.37. The van der Waals surface area contributed by atoms with Crippen LogP contribution in [0.2, 0.25) is 5.02 Å². The molecule has 8 nitrogen and oxygen atoms in total. The number of hydrogen-bond acceptors (Lipinski definition) is 5. The third-order valence-electron chi connectivity index (χ3n) is 3.87. The van der Waals surface area contributed by atoms with Crippen molar-refractivity contribution in [1.29, 1.82) is 0 Å². The fourth-order valence-corrected chi connectivity index (χ4v) is 2.69. The molecule has 2 heterocycles. The predicted octanol–water partition coefficient (Wildman–Crippen LogP) is 0.117. The van der Waals surface area contributed by atoms with Crippen molar-refractivity contribution >= 4 is 36.1 Å². The van der Waals surface area contributed by atoms with E-state index in [-0.39, 0.29) is 25.6 Å². The molecule has 27 heavy (non-hydrogen) atoms. The van der Waals surface area contributed by atoms with Crippen LogP contribution >= 0.6 is 11.6 Å². The number of nitrogens with one attached hydrogen (secondary N) is 2. The molecule has 3 rings (SSSR count). The highest BCUT2D eigenvalue weighted by molar-refractivity contribution is 6.30. The first-order valence-corrected chi connectivity index (χ1v) is 8.58. The van der Waals surface area contributed by atoms with E-state index in [1.165, 1.54) is 17.6 Å². The summed E-state index contributed by atoms with van der Waals surface area (Å²) in [6, 6.07) is 6.61. The molecule has 0 spiro atoms. The molecule has 0 saturated heterocycles. The van der Waals surface area contributed by atoms with Crippen LogP contribution < -0.4 is 15.1 Å². The van der Waals surface area contributed by atoms with Crippen LogP contribution in [0.15, 0.2) is 45.8 Å². The summed E-state index contributed by atoms with van der Waals surface area (Å²) in [6.45, 7) is 0.977. The SMILES string of the molecule is CC1=C2C(=O)N(CC(=O)NCC(F)COc3cccc(Cl)c3)C=N[NH+]2C=N1. The third-order valence-corrected chi connectivity index (χ3v) is 4.11. The molecular formula is C17H18ClFN5O3+. The topological polar surface area (TPSA) is 87.8 Å². The molecule has 2 amide bonds.